The van der Waals surface area contributed by atoms with Gasteiger partial charge in [0.15, 0.2) is 0 Å². The van der Waals surface area contributed by atoms with E-state index in [1.807, 2.05) is 0 Å². The summed E-state index contributed by atoms with van der Waals surface area (Å²) in [6.07, 6.45) is 5.10. The lowest BCUT2D eigenvalue weighted by molar-refractivity contribution is 0.268. The van der Waals surface area contributed by atoms with E-state index in [0.717, 1.165) is 24.7 Å². The van der Waals surface area contributed by atoms with Crippen LogP contribution in [-0.4, -0.2) is 37.1 Å². The number of unbranched alkanes of at least 4 members (excludes halogenated alkanes) is 1. The average Bonchev–Trinajstić information content (AvgIpc) is 2.66. The van der Waals surface area contributed by atoms with E-state index in [-0.39, 0.29) is 0 Å². The Bertz CT molecular complexity index is 188. The predicted octanol–water partition coefficient (Wildman–Crippen LogP) is 2.59. The van der Waals surface area contributed by atoms with Crippen molar-refractivity contribution < 1.29 is 0 Å². The summed E-state index contributed by atoms with van der Waals surface area (Å²) in [6, 6.07) is 0.665. The highest BCUT2D eigenvalue weighted by Crippen LogP contribution is 2.10. The maximum atomic E-state index is 5.88. The Morgan fingerprint density at radius 3 is 2.93 bits per heavy atom. The summed E-state index contributed by atoms with van der Waals surface area (Å²) in [4.78, 5) is 2.42. The fourth-order valence-corrected chi connectivity index (χ4v) is 2.25. The summed E-state index contributed by atoms with van der Waals surface area (Å²) in [5.41, 5.74) is 0. The molecule has 0 spiro atoms. The van der Waals surface area contributed by atoms with Crippen LogP contribution >= 0.6 is 11.6 Å². The molecule has 1 unspecified atom stereocenters. The predicted molar refractivity (Wildman–Crippen MR) is 67.4 cm³/mol. The number of hydrogen-bond acceptors (Lipinski definition) is 2. The minimum Gasteiger partial charge on any atom is -0.313 e. The molecule has 0 bridgehead atoms. The average molecular weight is 231 g/mol. The van der Waals surface area contributed by atoms with Crippen LogP contribution in [0, 0.1) is 0 Å². The summed E-state index contributed by atoms with van der Waals surface area (Å²) in [5.74, 6) is 0. The molecule has 15 heavy (non-hydrogen) atoms. The lowest BCUT2D eigenvalue weighted by Crippen LogP contribution is -2.38. The monoisotopic (exact) mass is 230 g/mol. The van der Waals surface area contributed by atoms with Gasteiger partial charge in [-0.25, -0.2) is 0 Å². The SMILES string of the molecule is C=C(Cl)CN(CCCC)CC1CCCN1. The van der Waals surface area contributed by atoms with Crippen LogP contribution in [0.15, 0.2) is 11.6 Å². The quantitative estimate of drug-likeness (QED) is 0.724. The molecule has 0 aliphatic carbocycles. The largest absolute Gasteiger partial charge is 0.313 e. The summed E-state index contributed by atoms with van der Waals surface area (Å²) in [6.45, 7) is 10.3. The highest BCUT2D eigenvalue weighted by Gasteiger charge is 2.17. The van der Waals surface area contributed by atoms with Crippen LogP contribution in [-0.2, 0) is 0 Å². The van der Waals surface area contributed by atoms with E-state index in [9.17, 15) is 0 Å². The van der Waals surface area contributed by atoms with Crippen LogP contribution in [0.25, 0.3) is 0 Å². The topological polar surface area (TPSA) is 15.3 Å². The third-order valence-electron chi connectivity index (χ3n) is 2.86. The maximum Gasteiger partial charge on any atom is 0.0336 e. The summed E-state index contributed by atoms with van der Waals surface area (Å²) in [5, 5.41) is 4.28. The Morgan fingerprint density at radius 1 is 1.60 bits per heavy atom. The van der Waals surface area contributed by atoms with Gasteiger partial charge in [-0.2, -0.15) is 0 Å². The highest BCUT2D eigenvalue weighted by atomic mass is 35.5. The third-order valence-corrected chi connectivity index (χ3v) is 2.98. The molecule has 3 heteroatoms. The molecular weight excluding hydrogens is 208 g/mol. The Hall–Kier alpha value is -0.0500. The molecule has 0 aromatic heterocycles. The van der Waals surface area contributed by atoms with Crippen molar-refractivity contribution in [2.24, 2.45) is 0 Å². The first-order valence-corrected chi connectivity index (χ1v) is 6.39. The smallest absolute Gasteiger partial charge is 0.0336 e. The van der Waals surface area contributed by atoms with E-state index in [2.05, 4.69) is 23.7 Å². The van der Waals surface area contributed by atoms with E-state index >= 15 is 0 Å². The molecular formula is C12H23ClN2. The molecule has 0 radical (unpaired) electrons. The van der Waals surface area contributed by atoms with Crippen molar-refractivity contribution in [3.05, 3.63) is 11.6 Å². The molecule has 1 saturated heterocycles. The first kappa shape index (κ1) is 13.0. The molecule has 1 atom stereocenters. The van der Waals surface area contributed by atoms with Crippen molar-refractivity contribution >= 4 is 11.6 Å². The first-order valence-electron chi connectivity index (χ1n) is 6.01. The van der Waals surface area contributed by atoms with E-state index < -0.39 is 0 Å². The van der Waals surface area contributed by atoms with Crippen LogP contribution < -0.4 is 5.32 Å². The molecule has 0 aromatic rings. The van der Waals surface area contributed by atoms with Crippen molar-refractivity contribution in [3.8, 4) is 0 Å². The second-order valence-corrected chi connectivity index (χ2v) is 4.93. The van der Waals surface area contributed by atoms with Gasteiger partial charge in [0.25, 0.3) is 0 Å². The molecule has 1 N–H and O–H groups in total. The van der Waals surface area contributed by atoms with Gasteiger partial charge in [-0.15, -0.1) is 0 Å². The van der Waals surface area contributed by atoms with Gasteiger partial charge >= 0.3 is 0 Å². The molecule has 0 saturated carbocycles. The van der Waals surface area contributed by atoms with Gasteiger partial charge in [0.1, 0.15) is 0 Å². The van der Waals surface area contributed by atoms with Gasteiger partial charge in [-0.05, 0) is 32.4 Å². The number of nitrogens with one attached hydrogen (secondary N) is 1. The Kier molecular flexibility index (Phi) is 6.30. The lowest BCUT2D eigenvalue weighted by atomic mass is 10.2. The maximum absolute atomic E-state index is 5.88. The van der Waals surface area contributed by atoms with Crippen LogP contribution in [0.2, 0.25) is 0 Å². The highest BCUT2D eigenvalue weighted by molar-refractivity contribution is 6.29. The number of nitrogens with zero attached hydrogens (tertiary/aromatic N) is 1. The molecule has 1 fully saturated rings. The van der Waals surface area contributed by atoms with Crippen LogP contribution in [0.4, 0.5) is 0 Å². The fraction of sp³-hybridized carbons (Fsp3) is 0.833. The Labute approximate surface area is 98.7 Å². The van der Waals surface area contributed by atoms with E-state index in [0.29, 0.717) is 6.04 Å². The second-order valence-electron chi connectivity index (χ2n) is 4.40. The lowest BCUT2D eigenvalue weighted by Gasteiger charge is -2.25. The molecule has 1 rings (SSSR count). The summed E-state index contributed by atoms with van der Waals surface area (Å²) < 4.78 is 0. The minimum atomic E-state index is 0.665. The molecule has 2 nitrogen and oxygen atoms in total. The van der Waals surface area contributed by atoms with Gasteiger partial charge in [-0.1, -0.05) is 31.5 Å². The first-order chi connectivity index (χ1) is 7.22. The molecule has 1 heterocycles. The zero-order chi connectivity index (χ0) is 11.1. The Balaban J connectivity index is 2.29. The van der Waals surface area contributed by atoms with Gasteiger partial charge < -0.3 is 5.32 Å². The molecule has 0 amide bonds. The van der Waals surface area contributed by atoms with Crippen LogP contribution in [0.5, 0.6) is 0 Å². The zero-order valence-electron chi connectivity index (χ0n) is 9.77. The van der Waals surface area contributed by atoms with Crippen molar-refractivity contribution in [1.29, 1.82) is 0 Å². The number of halogens is 1. The third kappa shape index (κ3) is 5.55. The Morgan fingerprint density at radius 2 is 2.40 bits per heavy atom. The van der Waals surface area contributed by atoms with Crippen molar-refractivity contribution in [2.75, 3.05) is 26.2 Å². The van der Waals surface area contributed by atoms with Gasteiger partial charge in [0.2, 0.25) is 0 Å². The van der Waals surface area contributed by atoms with E-state index in [1.54, 1.807) is 0 Å². The minimum absolute atomic E-state index is 0.665. The summed E-state index contributed by atoms with van der Waals surface area (Å²) in [7, 11) is 0. The fourth-order valence-electron chi connectivity index (χ4n) is 2.08. The second kappa shape index (κ2) is 7.26. The van der Waals surface area contributed by atoms with Crippen molar-refractivity contribution in [2.45, 2.75) is 38.6 Å². The number of hydrogen-bond donors (Lipinski definition) is 1. The molecule has 88 valence electrons. The molecule has 1 aliphatic heterocycles. The van der Waals surface area contributed by atoms with Gasteiger partial charge in [-0.3, -0.25) is 4.90 Å². The normalized spacial score (nSPS) is 21.1. The van der Waals surface area contributed by atoms with Crippen LogP contribution in [0.1, 0.15) is 32.6 Å². The van der Waals surface area contributed by atoms with Gasteiger partial charge in [0.05, 0.1) is 0 Å². The van der Waals surface area contributed by atoms with E-state index in [4.69, 9.17) is 11.6 Å². The van der Waals surface area contributed by atoms with Crippen LogP contribution in [0.3, 0.4) is 0 Å². The molecule has 0 aromatic carbocycles. The van der Waals surface area contributed by atoms with Crippen molar-refractivity contribution in [1.82, 2.24) is 10.2 Å². The van der Waals surface area contributed by atoms with E-state index in [1.165, 1.54) is 32.2 Å². The standard InChI is InChI=1S/C12H23ClN2/c1-3-4-8-15(9-11(2)13)10-12-6-5-7-14-12/h12,14H,2-10H2,1H3. The summed E-state index contributed by atoms with van der Waals surface area (Å²) >= 11 is 5.88. The zero-order valence-corrected chi connectivity index (χ0v) is 10.5. The number of rotatable bonds is 7. The van der Waals surface area contributed by atoms with Crippen molar-refractivity contribution in [3.63, 3.8) is 0 Å². The van der Waals surface area contributed by atoms with Gasteiger partial charge in [0, 0.05) is 24.2 Å². The molecule has 1 aliphatic rings.